The van der Waals surface area contributed by atoms with Crippen LogP contribution in [-0.4, -0.2) is 45.2 Å². The van der Waals surface area contributed by atoms with E-state index in [1.165, 1.54) is 25.9 Å². The molecular formula is C16H26ClN3. The Kier molecular flexibility index (Phi) is 5.17. The van der Waals surface area contributed by atoms with Crippen molar-refractivity contribution < 1.29 is 0 Å². The Labute approximate surface area is 127 Å². The van der Waals surface area contributed by atoms with Crippen LogP contribution in [0, 0.1) is 5.92 Å². The predicted molar refractivity (Wildman–Crippen MR) is 89.1 cm³/mol. The zero-order valence-corrected chi connectivity index (χ0v) is 13.7. The van der Waals surface area contributed by atoms with Gasteiger partial charge in [0.15, 0.2) is 0 Å². The Bertz CT molecular complexity index is 447. The lowest BCUT2D eigenvalue weighted by Crippen LogP contribution is -2.39. The van der Waals surface area contributed by atoms with Crippen molar-refractivity contribution in [3.8, 4) is 0 Å². The van der Waals surface area contributed by atoms with Crippen molar-refractivity contribution in [2.75, 3.05) is 44.4 Å². The molecule has 0 amide bonds. The maximum Gasteiger partial charge on any atom is 0.0659 e. The molecule has 1 N–H and O–H groups in total. The predicted octanol–water partition coefficient (Wildman–Crippen LogP) is 3.55. The van der Waals surface area contributed by atoms with Gasteiger partial charge in [0.1, 0.15) is 0 Å². The first-order chi connectivity index (χ1) is 9.47. The number of halogens is 1. The van der Waals surface area contributed by atoms with E-state index in [1.54, 1.807) is 0 Å². The minimum Gasteiger partial charge on any atom is -0.382 e. The summed E-state index contributed by atoms with van der Waals surface area (Å²) in [6, 6.07) is 6.69. The lowest BCUT2D eigenvalue weighted by molar-refractivity contribution is 0.197. The SMILES string of the molecule is CC(Nc1ccc(N(C)C)c(Cl)c1)C1CCCN(C)C1. The molecule has 0 aromatic heterocycles. The second-order valence-electron chi connectivity index (χ2n) is 6.16. The van der Waals surface area contributed by atoms with Crippen LogP contribution in [0.1, 0.15) is 19.8 Å². The van der Waals surface area contributed by atoms with E-state index in [4.69, 9.17) is 11.6 Å². The number of piperidine rings is 1. The highest BCUT2D eigenvalue weighted by molar-refractivity contribution is 6.33. The molecule has 3 nitrogen and oxygen atoms in total. The van der Waals surface area contributed by atoms with E-state index in [0.717, 1.165) is 16.4 Å². The van der Waals surface area contributed by atoms with Gasteiger partial charge in [0.25, 0.3) is 0 Å². The minimum absolute atomic E-state index is 0.471. The Morgan fingerprint density at radius 1 is 1.40 bits per heavy atom. The van der Waals surface area contributed by atoms with Crippen LogP contribution in [0.25, 0.3) is 0 Å². The molecule has 0 bridgehead atoms. The van der Waals surface area contributed by atoms with Crippen molar-refractivity contribution in [1.82, 2.24) is 4.90 Å². The third-order valence-electron chi connectivity index (χ3n) is 4.19. The van der Waals surface area contributed by atoms with E-state index in [0.29, 0.717) is 12.0 Å². The van der Waals surface area contributed by atoms with Crippen LogP contribution in [0.2, 0.25) is 5.02 Å². The van der Waals surface area contributed by atoms with E-state index >= 15 is 0 Å². The number of anilines is 2. The van der Waals surface area contributed by atoms with Gasteiger partial charge in [0.2, 0.25) is 0 Å². The van der Waals surface area contributed by atoms with E-state index in [-0.39, 0.29) is 0 Å². The van der Waals surface area contributed by atoms with Crippen molar-refractivity contribution in [3.05, 3.63) is 23.2 Å². The summed E-state index contributed by atoms with van der Waals surface area (Å²) in [6.07, 6.45) is 2.61. The summed E-state index contributed by atoms with van der Waals surface area (Å²) in [6.45, 7) is 4.68. The molecule has 1 heterocycles. The Morgan fingerprint density at radius 3 is 2.75 bits per heavy atom. The number of hydrogen-bond donors (Lipinski definition) is 1. The average Bonchev–Trinajstić information content (AvgIpc) is 2.38. The monoisotopic (exact) mass is 295 g/mol. The lowest BCUT2D eigenvalue weighted by Gasteiger charge is -2.34. The molecule has 0 saturated carbocycles. The number of nitrogens with zero attached hydrogens (tertiary/aromatic N) is 2. The van der Waals surface area contributed by atoms with Crippen molar-refractivity contribution in [3.63, 3.8) is 0 Å². The van der Waals surface area contributed by atoms with Gasteiger partial charge in [0.05, 0.1) is 10.7 Å². The summed E-state index contributed by atoms with van der Waals surface area (Å²) in [5.74, 6) is 0.709. The first-order valence-electron chi connectivity index (χ1n) is 7.39. The van der Waals surface area contributed by atoms with Gasteiger partial charge < -0.3 is 15.1 Å². The third kappa shape index (κ3) is 3.80. The van der Waals surface area contributed by atoms with Gasteiger partial charge in [-0.2, -0.15) is 0 Å². The van der Waals surface area contributed by atoms with Crippen molar-refractivity contribution in [1.29, 1.82) is 0 Å². The van der Waals surface area contributed by atoms with Gasteiger partial charge >= 0.3 is 0 Å². The Balaban J connectivity index is 2.00. The first-order valence-corrected chi connectivity index (χ1v) is 7.77. The summed E-state index contributed by atoms with van der Waals surface area (Å²) in [7, 11) is 6.23. The standard InChI is InChI=1S/C16H26ClN3/c1-12(13-6-5-9-20(4)11-13)18-14-7-8-16(19(2)3)15(17)10-14/h7-8,10,12-13,18H,5-6,9,11H2,1-4H3. The van der Waals surface area contributed by atoms with Crippen LogP contribution in [0.15, 0.2) is 18.2 Å². The highest BCUT2D eigenvalue weighted by atomic mass is 35.5. The number of benzene rings is 1. The largest absolute Gasteiger partial charge is 0.382 e. The smallest absolute Gasteiger partial charge is 0.0659 e. The molecule has 0 radical (unpaired) electrons. The average molecular weight is 296 g/mol. The fourth-order valence-corrected chi connectivity index (χ4v) is 3.30. The summed E-state index contributed by atoms with van der Waals surface area (Å²) in [4.78, 5) is 4.46. The molecule has 1 aliphatic heterocycles. The molecule has 2 rings (SSSR count). The van der Waals surface area contributed by atoms with Crippen LogP contribution >= 0.6 is 11.6 Å². The molecule has 2 unspecified atom stereocenters. The Morgan fingerprint density at radius 2 is 2.15 bits per heavy atom. The molecule has 0 aliphatic carbocycles. The summed E-state index contributed by atoms with van der Waals surface area (Å²) < 4.78 is 0. The minimum atomic E-state index is 0.471. The van der Waals surface area contributed by atoms with Crippen LogP contribution < -0.4 is 10.2 Å². The van der Waals surface area contributed by atoms with Gasteiger partial charge in [-0.3, -0.25) is 0 Å². The van der Waals surface area contributed by atoms with Crippen LogP contribution in [0.3, 0.4) is 0 Å². The highest BCUT2D eigenvalue weighted by Crippen LogP contribution is 2.29. The van der Waals surface area contributed by atoms with Crippen LogP contribution in [-0.2, 0) is 0 Å². The zero-order chi connectivity index (χ0) is 14.7. The van der Waals surface area contributed by atoms with Gasteiger partial charge in [-0.15, -0.1) is 0 Å². The van der Waals surface area contributed by atoms with E-state index in [2.05, 4.69) is 36.3 Å². The topological polar surface area (TPSA) is 18.5 Å². The van der Waals surface area contributed by atoms with Crippen LogP contribution in [0.4, 0.5) is 11.4 Å². The maximum atomic E-state index is 6.33. The van der Waals surface area contributed by atoms with Crippen molar-refractivity contribution >= 4 is 23.0 Å². The van der Waals surface area contributed by atoms with Gasteiger partial charge in [-0.1, -0.05) is 11.6 Å². The highest BCUT2D eigenvalue weighted by Gasteiger charge is 2.22. The fraction of sp³-hybridized carbons (Fsp3) is 0.625. The molecule has 1 aromatic rings. The van der Waals surface area contributed by atoms with Gasteiger partial charge in [0, 0.05) is 32.4 Å². The lowest BCUT2D eigenvalue weighted by atomic mass is 9.92. The molecule has 4 heteroatoms. The Hall–Kier alpha value is -0.930. The molecular weight excluding hydrogens is 270 g/mol. The van der Waals surface area contributed by atoms with E-state index in [9.17, 15) is 0 Å². The normalized spacial score (nSPS) is 21.6. The van der Waals surface area contributed by atoms with Gasteiger partial charge in [-0.25, -0.2) is 0 Å². The fourth-order valence-electron chi connectivity index (χ4n) is 2.95. The molecule has 20 heavy (non-hydrogen) atoms. The second kappa shape index (κ2) is 6.68. The summed E-state index contributed by atoms with van der Waals surface area (Å²) in [5, 5.41) is 4.41. The summed E-state index contributed by atoms with van der Waals surface area (Å²) >= 11 is 6.33. The molecule has 2 atom stereocenters. The van der Waals surface area contributed by atoms with Crippen molar-refractivity contribution in [2.24, 2.45) is 5.92 Å². The van der Waals surface area contributed by atoms with Crippen LogP contribution in [0.5, 0.6) is 0 Å². The quantitative estimate of drug-likeness (QED) is 0.916. The third-order valence-corrected chi connectivity index (χ3v) is 4.49. The molecule has 1 aromatic carbocycles. The second-order valence-corrected chi connectivity index (χ2v) is 6.57. The number of rotatable bonds is 4. The maximum absolute atomic E-state index is 6.33. The molecule has 1 fully saturated rings. The van der Waals surface area contributed by atoms with E-state index in [1.807, 2.05) is 25.1 Å². The zero-order valence-electron chi connectivity index (χ0n) is 13.0. The first kappa shape index (κ1) is 15.5. The van der Waals surface area contributed by atoms with Gasteiger partial charge in [-0.05, 0) is 57.5 Å². The van der Waals surface area contributed by atoms with E-state index < -0.39 is 0 Å². The molecule has 0 spiro atoms. The summed E-state index contributed by atoms with van der Waals surface area (Å²) in [5.41, 5.74) is 2.17. The number of nitrogens with one attached hydrogen (secondary N) is 1. The number of likely N-dealkylation sites (tertiary alicyclic amines) is 1. The van der Waals surface area contributed by atoms with Crippen molar-refractivity contribution in [2.45, 2.75) is 25.8 Å². The molecule has 112 valence electrons. The molecule has 1 aliphatic rings. The number of hydrogen-bond acceptors (Lipinski definition) is 3. The molecule has 1 saturated heterocycles.